The van der Waals surface area contributed by atoms with Crippen molar-refractivity contribution in [2.45, 2.75) is 51.5 Å². The topological polar surface area (TPSA) is 65.7 Å². The van der Waals surface area contributed by atoms with E-state index in [4.69, 9.17) is 5.73 Å². The van der Waals surface area contributed by atoms with Crippen molar-refractivity contribution in [3.63, 3.8) is 0 Å². The molecule has 0 atom stereocenters. The van der Waals surface area contributed by atoms with E-state index in [-0.39, 0.29) is 5.92 Å². The molecule has 3 aliphatic rings. The Hall–Kier alpha value is -1.66. The molecule has 0 aromatic carbocycles. The van der Waals surface area contributed by atoms with Crippen LogP contribution in [0.25, 0.3) is 0 Å². The van der Waals surface area contributed by atoms with E-state index >= 15 is 0 Å². The van der Waals surface area contributed by atoms with Gasteiger partial charge in [-0.1, -0.05) is 6.42 Å². The van der Waals surface area contributed by atoms with Gasteiger partial charge in [-0.3, -0.25) is 9.69 Å². The first-order valence-corrected chi connectivity index (χ1v) is 11.6. The summed E-state index contributed by atoms with van der Waals surface area (Å²) in [5, 5.41) is 0. The molecule has 3 saturated heterocycles. The van der Waals surface area contributed by atoms with Gasteiger partial charge in [0.15, 0.2) is 0 Å². The van der Waals surface area contributed by atoms with E-state index in [0.717, 1.165) is 51.5 Å². The number of aromatic nitrogens is 1. The van der Waals surface area contributed by atoms with Crippen LogP contribution in [-0.2, 0) is 11.3 Å². The number of hydrogen-bond donors (Lipinski definition) is 1. The van der Waals surface area contributed by atoms with Crippen LogP contribution < -0.4 is 5.73 Å². The molecule has 0 unspecified atom stereocenters. The minimum Gasteiger partial charge on any atom is -0.384 e. The Morgan fingerprint density at radius 1 is 0.966 bits per heavy atom. The summed E-state index contributed by atoms with van der Waals surface area (Å²) in [5.41, 5.74) is 6.99. The number of nitrogen functional groups attached to an aromatic ring is 1. The van der Waals surface area contributed by atoms with Gasteiger partial charge in [-0.25, -0.2) is 4.98 Å². The zero-order valence-corrected chi connectivity index (χ0v) is 17.8. The number of anilines is 1. The van der Waals surface area contributed by atoms with Gasteiger partial charge in [0.25, 0.3) is 0 Å². The first kappa shape index (κ1) is 20.6. The molecule has 0 aliphatic carbocycles. The van der Waals surface area contributed by atoms with Crippen molar-refractivity contribution in [3.8, 4) is 0 Å². The average Bonchev–Trinajstić information content (AvgIpc) is 2.75. The molecular formula is C23H37N5O. The van der Waals surface area contributed by atoms with Gasteiger partial charge in [-0.2, -0.15) is 0 Å². The molecule has 0 spiro atoms. The maximum absolute atomic E-state index is 13.0. The molecule has 3 fully saturated rings. The SMILES string of the molecule is Nc1cc(CN2CCC(C(=O)N3CCC(CN4CCCCC4)CC3)CC2)ccn1. The molecule has 0 bridgehead atoms. The lowest BCUT2D eigenvalue weighted by Gasteiger charge is -2.39. The van der Waals surface area contributed by atoms with Crippen LogP contribution in [0.5, 0.6) is 0 Å². The summed E-state index contributed by atoms with van der Waals surface area (Å²) in [7, 11) is 0. The van der Waals surface area contributed by atoms with Crippen molar-refractivity contribution < 1.29 is 4.79 Å². The molecule has 1 amide bonds. The molecule has 3 aliphatic heterocycles. The second kappa shape index (κ2) is 9.90. The molecule has 1 aromatic heterocycles. The van der Waals surface area contributed by atoms with E-state index in [0.29, 0.717) is 11.7 Å². The molecule has 0 saturated carbocycles. The number of pyridine rings is 1. The Morgan fingerprint density at radius 2 is 1.69 bits per heavy atom. The fourth-order valence-corrected chi connectivity index (χ4v) is 5.29. The maximum Gasteiger partial charge on any atom is 0.225 e. The van der Waals surface area contributed by atoms with Gasteiger partial charge < -0.3 is 15.5 Å². The number of nitrogens with two attached hydrogens (primary N) is 1. The van der Waals surface area contributed by atoms with Crippen LogP contribution in [0.2, 0.25) is 0 Å². The van der Waals surface area contributed by atoms with Crippen molar-refractivity contribution in [1.82, 2.24) is 19.7 Å². The number of hydrogen-bond acceptors (Lipinski definition) is 5. The van der Waals surface area contributed by atoms with E-state index in [1.165, 1.54) is 57.3 Å². The van der Waals surface area contributed by atoms with Gasteiger partial charge in [0.2, 0.25) is 5.91 Å². The van der Waals surface area contributed by atoms with E-state index in [1.807, 2.05) is 12.1 Å². The van der Waals surface area contributed by atoms with Gasteiger partial charge in [0, 0.05) is 38.3 Å². The largest absolute Gasteiger partial charge is 0.384 e. The van der Waals surface area contributed by atoms with Crippen molar-refractivity contribution in [2.75, 3.05) is 51.5 Å². The van der Waals surface area contributed by atoms with E-state index in [2.05, 4.69) is 19.7 Å². The third-order valence-corrected chi connectivity index (χ3v) is 7.08. The lowest BCUT2D eigenvalue weighted by molar-refractivity contribution is -0.138. The van der Waals surface area contributed by atoms with Crippen LogP contribution in [-0.4, -0.2) is 71.4 Å². The van der Waals surface area contributed by atoms with E-state index in [1.54, 1.807) is 6.20 Å². The Labute approximate surface area is 175 Å². The zero-order chi connectivity index (χ0) is 20.1. The van der Waals surface area contributed by atoms with Crippen molar-refractivity contribution in [1.29, 1.82) is 0 Å². The Bertz CT molecular complexity index is 659. The van der Waals surface area contributed by atoms with Crippen LogP contribution >= 0.6 is 0 Å². The number of piperidine rings is 3. The number of carbonyl (C=O) groups is 1. The zero-order valence-electron chi connectivity index (χ0n) is 17.8. The normalized spacial score (nSPS) is 23.4. The summed E-state index contributed by atoms with van der Waals surface area (Å²) < 4.78 is 0. The fourth-order valence-electron chi connectivity index (χ4n) is 5.29. The smallest absolute Gasteiger partial charge is 0.225 e. The van der Waals surface area contributed by atoms with Crippen LogP contribution in [0.1, 0.15) is 50.5 Å². The summed E-state index contributed by atoms with van der Waals surface area (Å²) in [6.07, 6.45) is 10.2. The second-order valence-corrected chi connectivity index (χ2v) is 9.27. The van der Waals surface area contributed by atoms with Crippen molar-refractivity contribution in [3.05, 3.63) is 23.9 Å². The summed E-state index contributed by atoms with van der Waals surface area (Å²) in [5.74, 6) is 1.99. The van der Waals surface area contributed by atoms with Gasteiger partial charge >= 0.3 is 0 Å². The van der Waals surface area contributed by atoms with Crippen LogP contribution in [0.4, 0.5) is 5.82 Å². The number of amides is 1. The standard InChI is InChI=1S/C23H37N5O/c24-22-16-20(4-9-25-22)18-27-12-7-21(8-13-27)23(29)28-14-5-19(6-15-28)17-26-10-2-1-3-11-26/h4,9,16,19,21H,1-3,5-8,10-15,17-18H2,(H2,24,25). The third kappa shape index (κ3) is 5.70. The molecule has 0 radical (unpaired) electrons. The number of rotatable bonds is 5. The average molecular weight is 400 g/mol. The molecule has 4 heterocycles. The van der Waals surface area contributed by atoms with E-state index in [9.17, 15) is 4.79 Å². The minimum atomic E-state index is 0.215. The Balaban J connectivity index is 1.18. The monoisotopic (exact) mass is 399 g/mol. The first-order valence-electron chi connectivity index (χ1n) is 11.6. The summed E-state index contributed by atoms with van der Waals surface area (Å²) in [6, 6.07) is 3.98. The molecule has 2 N–H and O–H groups in total. The van der Waals surface area contributed by atoms with Crippen LogP contribution in [0.15, 0.2) is 18.3 Å². The molecule has 29 heavy (non-hydrogen) atoms. The number of nitrogens with zero attached hydrogens (tertiary/aromatic N) is 4. The predicted octanol–water partition coefficient (Wildman–Crippen LogP) is 2.60. The van der Waals surface area contributed by atoms with Gasteiger partial charge in [0.1, 0.15) is 5.82 Å². The third-order valence-electron chi connectivity index (χ3n) is 7.08. The highest BCUT2D eigenvalue weighted by molar-refractivity contribution is 5.79. The molecule has 4 rings (SSSR count). The predicted molar refractivity (Wildman–Crippen MR) is 116 cm³/mol. The molecule has 160 valence electrons. The van der Waals surface area contributed by atoms with Crippen LogP contribution in [0, 0.1) is 11.8 Å². The summed E-state index contributed by atoms with van der Waals surface area (Å²) in [6.45, 7) is 8.62. The lowest BCUT2D eigenvalue weighted by Crippen LogP contribution is -2.46. The minimum absolute atomic E-state index is 0.215. The summed E-state index contributed by atoms with van der Waals surface area (Å²) in [4.78, 5) is 24.3. The quantitative estimate of drug-likeness (QED) is 0.824. The molecule has 1 aromatic rings. The van der Waals surface area contributed by atoms with Gasteiger partial charge in [0.05, 0.1) is 0 Å². The molecular weight excluding hydrogens is 362 g/mol. The Morgan fingerprint density at radius 3 is 2.38 bits per heavy atom. The maximum atomic E-state index is 13.0. The number of likely N-dealkylation sites (tertiary alicyclic amines) is 3. The molecule has 6 heteroatoms. The van der Waals surface area contributed by atoms with Crippen molar-refractivity contribution in [2.24, 2.45) is 11.8 Å². The Kier molecular flexibility index (Phi) is 7.03. The second-order valence-electron chi connectivity index (χ2n) is 9.27. The highest BCUT2D eigenvalue weighted by Crippen LogP contribution is 2.25. The van der Waals surface area contributed by atoms with Crippen LogP contribution in [0.3, 0.4) is 0 Å². The fraction of sp³-hybridized carbons (Fsp3) is 0.739. The lowest BCUT2D eigenvalue weighted by atomic mass is 9.91. The number of carbonyl (C=O) groups excluding carboxylic acids is 1. The van der Waals surface area contributed by atoms with E-state index < -0.39 is 0 Å². The van der Waals surface area contributed by atoms with Gasteiger partial charge in [-0.15, -0.1) is 0 Å². The first-order chi connectivity index (χ1) is 14.2. The van der Waals surface area contributed by atoms with Gasteiger partial charge in [-0.05, 0) is 88.3 Å². The highest BCUT2D eigenvalue weighted by atomic mass is 16.2. The molecule has 6 nitrogen and oxygen atoms in total. The summed E-state index contributed by atoms with van der Waals surface area (Å²) >= 11 is 0. The highest BCUT2D eigenvalue weighted by Gasteiger charge is 2.31. The van der Waals surface area contributed by atoms with Crippen molar-refractivity contribution >= 4 is 11.7 Å².